The van der Waals surface area contributed by atoms with E-state index in [-0.39, 0.29) is 0 Å². The lowest BCUT2D eigenvalue weighted by Crippen LogP contribution is -2.36. The van der Waals surface area contributed by atoms with Crippen molar-refractivity contribution in [2.75, 3.05) is 5.32 Å². The lowest BCUT2D eigenvalue weighted by atomic mass is 10.2. The second kappa shape index (κ2) is 5.83. The molecule has 1 aliphatic rings. The number of rotatable bonds is 2. The van der Waals surface area contributed by atoms with Gasteiger partial charge in [-0.3, -0.25) is 0 Å². The first-order chi connectivity index (χ1) is 8.15. The summed E-state index contributed by atoms with van der Waals surface area (Å²) in [5.74, 6) is 0. The summed E-state index contributed by atoms with van der Waals surface area (Å²) in [4.78, 5) is 0. The van der Waals surface area contributed by atoms with Gasteiger partial charge < -0.3 is 10.6 Å². The largest absolute Gasteiger partial charge is 0.360 e. The van der Waals surface area contributed by atoms with Crippen molar-refractivity contribution in [3.63, 3.8) is 0 Å². The number of benzene rings is 1. The van der Waals surface area contributed by atoms with E-state index in [1.807, 2.05) is 6.07 Å². The molecule has 1 saturated carbocycles. The summed E-state index contributed by atoms with van der Waals surface area (Å²) >= 11 is 8.85. The second-order valence-electron chi connectivity index (χ2n) is 4.56. The molecule has 0 radical (unpaired) electrons. The van der Waals surface area contributed by atoms with E-state index in [9.17, 15) is 0 Å². The molecule has 92 valence electrons. The summed E-state index contributed by atoms with van der Waals surface area (Å²) < 4.78 is 1.04. The van der Waals surface area contributed by atoms with Crippen LogP contribution in [0.1, 0.15) is 31.2 Å². The molecule has 1 aromatic rings. The standard InChI is InChI=1S/C13H17BrN2S/c1-9-6-7-11(14)12(8-9)16-13(17)15-10-4-2-3-5-10/h6-8,10H,2-5H2,1H3,(H2,15,16,17). The summed E-state index contributed by atoms with van der Waals surface area (Å²) in [6, 6.07) is 6.75. The van der Waals surface area contributed by atoms with E-state index in [1.54, 1.807) is 0 Å². The van der Waals surface area contributed by atoms with Crippen LogP contribution in [0.5, 0.6) is 0 Å². The highest BCUT2D eigenvalue weighted by atomic mass is 79.9. The minimum absolute atomic E-state index is 0.554. The van der Waals surface area contributed by atoms with Crippen LogP contribution < -0.4 is 10.6 Å². The van der Waals surface area contributed by atoms with Crippen LogP contribution >= 0.6 is 28.1 Å². The van der Waals surface area contributed by atoms with E-state index in [2.05, 4.69) is 45.6 Å². The van der Waals surface area contributed by atoms with Gasteiger partial charge in [-0.25, -0.2) is 0 Å². The zero-order valence-corrected chi connectivity index (χ0v) is 12.3. The summed E-state index contributed by atoms with van der Waals surface area (Å²) in [6.07, 6.45) is 5.09. The monoisotopic (exact) mass is 312 g/mol. The van der Waals surface area contributed by atoms with Gasteiger partial charge in [-0.15, -0.1) is 0 Å². The summed E-state index contributed by atoms with van der Waals surface area (Å²) in [5.41, 5.74) is 2.25. The Kier molecular flexibility index (Phi) is 4.40. The number of anilines is 1. The van der Waals surface area contributed by atoms with Gasteiger partial charge in [-0.2, -0.15) is 0 Å². The fourth-order valence-corrected chi connectivity index (χ4v) is 2.77. The van der Waals surface area contributed by atoms with Gasteiger partial charge in [0.1, 0.15) is 0 Å². The van der Waals surface area contributed by atoms with Gasteiger partial charge in [-0.05, 0) is 65.6 Å². The molecular formula is C13H17BrN2S. The van der Waals surface area contributed by atoms with E-state index >= 15 is 0 Å². The third-order valence-corrected chi connectivity index (χ3v) is 3.97. The van der Waals surface area contributed by atoms with Crippen molar-refractivity contribution >= 4 is 38.9 Å². The smallest absolute Gasteiger partial charge is 0.171 e. The zero-order valence-electron chi connectivity index (χ0n) is 9.92. The second-order valence-corrected chi connectivity index (χ2v) is 5.83. The summed E-state index contributed by atoms with van der Waals surface area (Å²) in [5, 5.41) is 7.35. The number of aryl methyl sites for hydroxylation is 1. The highest BCUT2D eigenvalue weighted by Gasteiger charge is 2.15. The van der Waals surface area contributed by atoms with Gasteiger partial charge in [-0.1, -0.05) is 18.9 Å². The molecule has 1 fully saturated rings. The van der Waals surface area contributed by atoms with Crippen molar-refractivity contribution < 1.29 is 0 Å². The Labute approximate surface area is 116 Å². The normalized spacial score (nSPS) is 15.9. The first kappa shape index (κ1) is 12.8. The lowest BCUT2D eigenvalue weighted by Gasteiger charge is -2.16. The predicted octanol–water partition coefficient (Wildman–Crippen LogP) is 3.99. The van der Waals surface area contributed by atoms with Crippen LogP contribution in [0.3, 0.4) is 0 Å². The molecular weight excluding hydrogens is 296 g/mol. The van der Waals surface area contributed by atoms with E-state index in [0.717, 1.165) is 15.3 Å². The molecule has 0 saturated heterocycles. The first-order valence-electron chi connectivity index (χ1n) is 5.99. The summed E-state index contributed by atoms with van der Waals surface area (Å²) in [7, 11) is 0. The van der Waals surface area contributed by atoms with Gasteiger partial charge >= 0.3 is 0 Å². The minimum Gasteiger partial charge on any atom is -0.360 e. The van der Waals surface area contributed by atoms with Crippen molar-refractivity contribution in [2.24, 2.45) is 0 Å². The molecule has 2 nitrogen and oxygen atoms in total. The average Bonchev–Trinajstić information content (AvgIpc) is 2.76. The molecule has 0 heterocycles. The highest BCUT2D eigenvalue weighted by molar-refractivity contribution is 9.10. The summed E-state index contributed by atoms with van der Waals surface area (Å²) in [6.45, 7) is 2.07. The van der Waals surface area contributed by atoms with Crippen LogP contribution in [-0.4, -0.2) is 11.2 Å². The predicted molar refractivity (Wildman–Crippen MR) is 80.5 cm³/mol. The molecule has 0 aliphatic heterocycles. The molecule has 0 amide bonds. The fourth-order valence-electron chi connectivity index (χ4n) is 2.15. The third kappa shape index (κ3) is 3.68. The molecule has 0 atom stereocenters. The van der Waals surface area contributed by atoms with Gasteiger partial charge in [0.25, 0.3) is 0 Å². The topological polar surface area (TPSA) is 24.1 Å². The molecule has 2 rings (SSSR count). The first-order valence-corrected chi connectivity index (χ1v) is 7.19. The lowest BCUT2D eigenvalue weighted by molar-refractivity contribution is 0.634. The van der Waals surface area contributed by atoms with Crippen LogP contribution in [0.2, 0.25) is 0 Å². The Hall–Kier alpha value is -0.610. The maximum atomic E-state index is 5.33. The Morgan fingerprint density at radius 3 is 2.76 bits per heavy atom. The SMILES string of the molecule is Cc1ccc(Br)c(NC(=S)NC2CCCC2)c1. The van der Waals surface area contributed by atoms with E-state index < -0.39 is 0 Å². The van der Waals surface area contributed by atoms with Crippen molar-refractivity contribution in [1.82, 2.24) is 5.32 Å². The molecule has 0 bridgehead atoms. The van der Waals surface area contributed by atoms with Crippen LogP contribution in [0.4, 0.5) is 5.69 Å². The van der Waals surface area contributed by atoms with Crippen LogP contribution in [-0.2, 0) is 0 Å². The molecule has 0 aromatic heterocycles. The van der Waals surface area contributed by atoms with Crippen LogP contribution in [0.15, 0.2) is 22.7 Å². The van der Waals surface area contributed by atoms with Crippen molar-refractivity contribution in [1.29, 1.82) is 0 Å². The Bertz CT molecular complexity index is 414. The maximum Gasteiger partial charge on any atom is 0.171 e. The van der Waals surface area contributed by atoms with E-state index in [1.165, 1.54) is 31.2 Å². The van der Waals surface area contributed by atoms with Gasteiger partial charge in [0.2, 0.25) is 0 Å². The molecule has 0 spiro atoms. The third-order valence-electron chi connectivity index (χ3n) is 3.06. The van der Waals surface area contributed by atoms with Gasteiger partial charge in [0.15, 0.2) is 5.11 Å². The molecule has 17 heavy (non-hydrogen) atoms. The molecule has 4 heteroatoms. The number of nitrogens with one attached hydrogen (secondary N) is 2. The average molecular weight is 313 g/mol. The van der Waals surface area contributed by atoms with Gasteiger partial charge in [0, 0.05) is 10.5 Å². The molecule has 2 N–H and O–H groups in total. The van der Waals surface area contributed by atoms with Gasteiger partial charge in [0.05, 0.1) is 5.69 Å². The molecule has 0 unspecified atom stereocenters. The highest BCUT2D eigenvalue weighted by Crippen LogP contribution is 2.23. The fraction of sp³-hybridized carbons (Fsp3) is 0.462. The van der Waals surface area contributed by atoms with Crippen molar-refractivity contribution in [3.8, 4) is 0 Å². The van der Waals surface area contributed by atoms with Crippen LogP contribution in [0, 0.1) is 6.92 Å². The van der Waals surface area contributed by atoms with Crippen LogP contribution in [0.25, 0.3) is 0 Å². The quantitative estimate of drug-likeness (QED) is 0.808. The Balaban J connectivity index is 1.95. The molecule has 1 aliphatic carbocycles. The zero-order chi connectivity index (χ0) is 12.3. The Morgan fingerprint density at radius 1 is 1.35 bits per heavy atom. The number of thiocarbonyl (C=S) groups is 1. The number of hydrogen-bond donors (Lipinski definition) is 2. The van der Waals surface area contributed by atoms with E-state index in [4.69, 9.17) is 12.2 Å². The van der Waals surface area contributed by atoms with E-state index in [0.29, 0.717) is 6.04 Å². The molecule has 1 aromatic carbocycles. The van der Waals surface area contributed by atoms with Crippen molar-refractivity contribution in [2.45, 2.75) is 38.6 Å². The van der Waals surface area contributed by atoms with Crippen molar-refractivity contribution in [3.05, 3.63) is 28.2 Å². The number of hydrogen-bond acceptors (Lipinski definition) is 1. The minimum atomic E-state index is 0.554. The number of halogens is 1. The maximum absolute atomic E-state index is 5.33. The Morgan fingerprint density at radius 2 is 2.06 bits per heavy atom.